The SMILES string of the molecule is COc1cc2c(cc1OC)CN(C1CCCN(CCCn3cccn3)C1)CC2. The van der Waals surface area contributed by atoms with Crippen molar-refractivity contribution in [3.8, 4) is 11.5 Å². The van der Waals surface area contributed by atoms with E-state index in [4.69, 9.17) is 9.47 Å². The van der Waals surface area contributed by atoms with Gasteiger partial charge in [-0.15, -0.1) is 0 Å². The fourth-order valence-electron chi connectivity index (χ4n) is 4.64. The molecule has 1 atom stereocenters. The van der Waals surface area contributed by atoms with E-state index in [0.717, 1.165) is 50.5 Å². The van der Waals surface area contributed by atoms with Crippen LogP contribution in [0.15, 0.2) is 30.6 Å². The van der Waals surface area contributed by atoms with Gasteiger partial charge in [-0.05, 0) is 68.1 Å². The molecule has 1 fully saturated rings. The fraction of sp³-hybridized carbons (Fsp3) is 0.591. The van der Waals surface area contributed by atoms with E-state index in [0.29, 0.717) is 6.04 Å². The lowest BCUT2D eigenvalue weighted by Gasteiger charge is -2.41. The van der Waals surface area contributed by atoms with Gasteiger partial charge in [-0.25, -0.2) is 0 Å². The van der Waals surface area contributed by atoms with Gasteiger partial charge in [-0.2, -0.15) is 5.10 Å². The van der Waals surface area contributed by atoms with Gasteiger partial charge in [0.25, 0.3) is 0 Å². The molecule has 3 heterocycles. The predicted octanol–water partition coefficient (Wildman–Crippen LogP) is 2.81. The number of hydrogen-bond donors (Lipinski definition) is 0. The molecule has 1 aromatic carbocycles. The second-order valence-electron chi connectivity index (χ2n) is 7.92. The third-order valence-corrected chi connectivity index (χ3v) is 6.17. The van der Waals surface area contributed by atoms with E-state index in [9.17, 15) is 0 Å². The van der Waals surface area contributed by atoms with Crippen LogP contribution in [0.2, 0.25) is 0 Å². The molecule has 0 radical (unpaired) electrons. The molecule has 6 nitrogen and oxygen atoms in total. The number of ether oxygens (including phenoxy) is 2. The maximum atomic E-state index is 5.52. The Balaban J connectivity index is 1.34. The van der Waals surface area contributed by atoms with Gasteiger partial charge in [-0.3, -0.25) is 9.58 Å². The molecule has 0 bridgehead atoms. The quantitative estimate of drug-likeness (QED) is 0.734. The summed E-state index contributed by atoms with van der Waals surface area (Å²) >= 11 is 0. The Bertz CT molecular complexity index is 762. The van der Waals surface area contributed by atoms with E-state index in [1.807, 2.05) is 23.1 Å². The van der Waals surface area contributed by atoms with Crippen molar-refractivity contribution >= 4 is 0 Å². The second-order valence-corrected chi connectivity index (χ2v) is 7.92. The first-order chi connectivity index (χ1) is 13.8. The minimum Gasteiger partial charge on any atom is -0.493 e. The van der Waals surface area contributed by atoms with Crippen molar-refractivity contribution in [3.63, 3.8) is 0 Å². The molecule has 0 aliphatic carbocycles. The highest BCUT2D eigenvalue weighted by molar-refractivity contribution is 5.48. The van der Waals surface area contributed by atoms with Gasteiger partial charge in [-0.1, -0.05) is 0 Å². The molecular weight excluding hydrogens is 352 g/mol. The molecule has 2 aliphatic rings. The first-order valence-electron chi connectivity index (χ1n) is 10.4. The Hall–Kier alpha value is -2.05. The van der Waals surface area contributed by atoms with Gasteiger partial charge in [0.15, 0.2) is 11.5 Å². The molecule has 2 aliphatic heterocycles. The molecule has 0 spiro atoms. The molecule has 0 saturated carbocycles. The zero-order chi connectivity index (χ0) is 19.3. The molecule has 1 unspecified atom stereocenters. The smallest absolute Gasteiger partial charge is 0.161 e. The zero-order valence-electron chi connectivity index (χ0n) is 17.1. The standard InChI is InChI=1S/C22H32N4O2/c1-27-21-14-18-7-13-25(16-19(18)15-22(21)28-2)20-6-3-9-24(17-20)10-5-12-26-11-4-8-23-26/h4,8,11,14-15,20H,3,5-7,9-10,12-13,16-17H2,1-2H3. The van der Waals surface area contributed by atoms with Gasteiger partial charge in [0, 0.05) is 44.6 Å². The third-order valence-electron chi connectivity index (χ3n) is 6.17. The van der Waals surface area contributed by atoms with Crippen LogP contribution >= 0.6 is 0 Å². The number of nitrogens with zero attached hydrogens (tertiary/aromatic N) is 4. The van der Waals surface area contributed by atoms with E-state index in [1.165, 1.54) is 37.1 Å². The molecule has 0 amide bonds. The average molecular weight is 385 g/mol. The topological polar surface area (TPSA) is 42.8 Å². The van der Waals surface area contributed by atoms with Crippen LogP contribution in [0, 0.1) is 0 Å². The first kappa shape index (κ1) is 19.3. The van der Waals surface area contributed by atoms with Crippen LogP contribution in [-0.2, 0) is 19.5 Å². The number of piperidine rings is 1. The Kier molecular flexibility index (Phi) is 6.17. The molecule has 4 rings (SSSR count). The molecule has 28 heavy (non-hydrogen) atoms. The van der Waals surface area contributed by atoms with Crippen LogP contribution in [0.4, 0.5) is 0 Å². The van der Waals surface area contributed by atoms with Gasteiger partial charge < -0.3 is 14.4 Å². The van der Waals surface area contributed by atoms with Crippen molar-refractivity contribution in [2.75, 3.05) is 40.4 Å². The summed E-state index contributed by atoms with van der Waals surface area (Å²) in [5, 5.41) is 4.31. The van der Waals surface area contributed by atoms with Crippen LogP contribution < -0.4 is 9.47 Å². The fourth-order valence-corrected chi connectivity index (χ4v) is 4.64. The molecule has 2 aromatic rings. The van der Waals surface area contributed by atoms with E-state index in [-0.39, 0.29) is 0 Å². The maximum Gasteiger partial charge on any atom is 0.161 e. The monoisotopic (exact) mass is 384 g/mol. The Morgan fingerprint density at radius 2 is 1.89 bits per heavy atom. The highest BCUT2D eigenvalue weighted by atomic mass is 16.5. The Morgan fingerprint density at radius 3 is 2.64 bits per heavy atom. The number of likely N-dealkylation sites (tertiary alicyclic amines) is 1. The van der Waals surface area contributed by atoms with Gasteiger partial charge in [0.2, 0.25) is 0 Å². The van der Waals surface area contributed by atoms with Crippen molar-refractivity contribution in [1.82, 2.24) is 19.6 Å². The molecule has 6 heteroatoms. The van der Waals surface area contributed by atoms with Crippen LogP contribution in [0.25, 0.3) is 0 Å². The number of rotatable bonds is 7. The highest BCUT2D eigenvalue weighted by Gasteiger charge is 2.28. The van der Waals surface area contributed by atoms with Crippen molar-refractivity contribution in [3.05, 3.63) is 41.7 Å². The van der Waals surface area contributed by atoms with Crippen LogP contribution in [0.5, 0.6) is 11.5 Å². The van der Waals surface area contributed by atoms with Crippen molar-refractivity contribution in [2.24, 2.45) is 0 Å². The lowest BCUT2D eigenvalue weighted by molar-refractivity contribution is 0.0861. The van der Waals surface area contributed by atoms with Gasteiger partial charge in [0.05, 0.1) is 14.2 Å². The minimum atomic E-state index is 0.652. The van der Waals surface area contributed by atoms with Gasteiger partial charge >= 0.3 is 0 Å². The molecule has 0 N–H and O–H groups in total. The van der Waals surface area contributed by atoms with E-state index < -0.39 is 0 Å². The maximum absolute atomic E-state index is 5.52. The summed E-state index contributed by atoms with van der Waals surface area (Å²) in [5.74, 6) is 1.68. The normalized spacial score (nSPS) is 20.7. The van der Waals surface area contributed by atoms with Crippen LogP contribution in [-0.4, -0.2) is 66.0 Å². The Labute approximate surface area is 168 Å². The number of methoxy groups -OCH3 is 2. The summed E-state index contributed by atoms with van der Waals surface area (Å²) < 4.78 is 13.0. The average Bonchev–Trinajstić information content (AvgIpc) is 3.26. The van der Waals surface area contributed by atoms with E-state index >= 15 is 0 Å². The number of benzene rings is 1. The van der Waals surface area contributed by atoms with Crippen LogP contribution in [0.1, 0.15) is 30.4 Å². The van der Waals surface area contributed by atoms with E-state index in [2.05, 4.69) is 27.0 Å². The van der Waals surface area contributed by atoms with Crippen molar-refractivity contribution in [2.45, 2.75) is 44.8 Å². The Morgan fingerprint density at radius 1 is 1.07 bits per heavy atom. The summed E-state index contributed by atoms with van der Waals surface area (Å²) in [5.41, 5.74) is 2.79. The van der Waals surface area contributed by atoms with Crippen LogP contribution in [0.3, 0.4) is 0 Å². The van der Waals surface area contributed by atoms with Gasteiger partial charge in [0.1, 0.15) is 0 Å². The summed E-state index contributed by atoms with van der Waals surface area (Å²) in [6.07, 6.45) is 8.75. The number of aryl methyl sites for hydroxylation is 1. The minimum absolute atomic E-state index is 0.652. The lowest BCUT2D eigenvalue weighted by atomic mass is 9.95. The largest absolute Gasteiger partial charge is 0.493 e. The zero-order valence-corrected chi connectivity index (χ0v) is 17.1. The van der Waals surface area contributed by atoms with Crippen molar-refractivity contribution in [1.29, 1.82) is 0 Å². The summed E-state index contributed by atoms with van der Waals surface area (Å²) in [4.78, 5) is 5.32. The summed E-state index contributed by atoms with van der Waals surface area (Å²) in [6, 6.07) is 6.98. The van der Waals surface area contributed by atoms with Crippen molar-refractivity contribution < 1.29 is 9.47 Å². The third kappa shape index (κ3) is 4.33. The molecular formula is C22H32N4O2. The lowest BCUT2D eigenvalue weighted by Crippen LogP contribution is -2.49. The van der Waals surface area contributed by atoms with E-state index in [1.54, 1.807) is 14.2 Å². The summed E-state index contributed by atoms with van der Waals surface area (Å²) in [6.45, 7) is 6.72. The molecule has 1 aromatic heterocycles. The highest BCUT2D eigenvalue weighted by Crippen LogP contribution is 2.34. The number of aromatic nitrogens is 2. The second kappa shape index (κ2) is 8.97. The number of fused-ring (bicyclic) bond motifs is 1. The molecule has 1 saturated heterocycles. The predicted molar refractivity (Wildman–Crippen MR) is 110 cm³/mol. The first-order valence-corrected chi connectivity index (χ1v) is 10.4. The number of hydrogen-bond acceptors (Lipinski definition) is 5. The summed E-state index contributed by atoms with van der Waals surface area (Å²) in [7, 11) is 3.43. The molecule has 152 valence electrons.